The Kier molecular flexibility index (Phi) is 4.15. The van der Waals surface area contributed by atoms with Gasteiger partial charge in [0.25, 0.3) is 5.56 Å². The Morgan fingerprint density at radius 1 is 1.43 bits per heavy atom. The molecule has 0 aliphatic heterocycles. The molecule has 0 aliphatic carbocycles. The van der Waals surface area contributed by atoms with E-state index >= 15 is 0 Å². The van der Waals surface area contributed by atoms with Gasteiger partial charge in [0.1, 0.15) is 10.6 Å². The lowest BCUT2D eigenvalue weighted by Gasteiger charge is -2.08. The Morgan fingerprint density at radius 3 is 3.10 bits per heavy atom. The van der Waals surface area contributed by atoms with Crippen molar-refractivity contribution in [2.24, 2.45) is 0 Å². The third kappa shape index (κ3) is 2.91. The lowest BCUT2D eigenvalue weighted by molar-refractivity contribution is 0.697. The van der Waals surface area contributed by atoms with Gasteiger partial charge in [-0.05, 0) is 41.0 Å². The van der Waals surface area contributed by atoms with Gasteiger partial charge < -0.3 is 5.32 Å². The van der Waals surface area contributed by atoms with Crippen LogP contribution >= 0.6 is 33.9 Å². The Balaban J connectivity index is 2.04. The second kappa shape index (κ2) is 6.06. The van der Waals surface area contributed by atoms with Crippen LogP contribution in [0, 0.1) is 3.57 Å². The van der Waals surface area contributed by atoms with Crippen molar-refractivity contribution in [3.05, 3.63) is 43.7 Å². The van der Waals surface area contributed by atoms with Crippen LogP contribution in [0.5, 0.6) is 0 Å². The molecule has 0 fully saturated rings. The molecule has 3 aromatic rings. The van der Waals surface area contributed by atoms with Crippen LogP contribution in [0.3, 0.4) is 0 Å². The smallest absolute Gasteiger partial charge is 0.267 e. The highest BCUT2D eigenvalue weighted by Crippen LogP contribution is 2.25. The van der Waals surface area contributed by atoms with Crippen LogP contribution in [0.1, 0.15) is 12.7 Å². The molecule has 8 heteroatoms. The molecular formula is C13H12IN5OS. The summed E-state index contributed by atoms with van der Waals surface area (Å²) >= 11 is 3.54. The van der Waals surface area contributed by atoms with E-state index in [9.17, 15) is 4.79 Å². The zero-order valence-electron chi connectivity index (χ0n) is 11.2. The molecule has 0 bridgehead atoms. The first-order chi connectivity index (χ1) is 10.2. The van der Waals surface area contributed by atoms with E-state index in [0.717, 1.165) is 22.6 Å². The lowest BCUT2D eigenvalue weighted by Crippen LogP contribution is -2.24. The number of anilines is 1. The van der Waals surface area contributed by atoms with Gasteiger partial charge in [-0.2, -0.15) is 0 Å². The number of thiophene rings is 1. The van der Waals surface area contributed by atoms with Gasteiger partial charge in [0.15, 0.2) is 5.82 Å². The van der Waals surface area contributed by atoms with E-state index in [2.05, 4.69) is 20.3 Å². The first-order valence-corrected chi connectivity index (χ1v) is 8.33. The molecule has 0 saturated carbocycles. The van der Waals surface area contributed by atoms with Crippen molar-refractivity contribution in [1.82, 2.24) is 19.5 Å². The summed E-state index contributed by atoms with van der Waals surface area (Å²) < 4.78 is 2.10. The van der Waals surface area contributed by atoms with Crippen LogP contribution in [0.15, 0.2) is 28.8 Å². The number of hydrogen-bond acceptors (Lipinski definition) is 6. The fourth-order valence-corrected chi connectivity index (χ4v) is 3.22. The highest BCUT2D eigenvalue weighted by molar-refractivity contribution is 14.1. The van der Waals surface area contributed by atoms with Crippen LogP contribution in [0.2, 0.25) is 0 Å². The Labute approximate surface area is 138 Å². The highest BCUT2D eigenvalue weighted by atomic mass is 127. The van der Waals surface area contributed by atoms with Gasteiger partial charge in [-0.1, -0.05) is 0 Å². The molecule has 0 unspecified atom stereocenters. The lowest BCUT2D eigenvalue weighted by atomic mass is 10.3. The van der Waals surface area contributed by atoms with Gasteiger partial charge in [-0.3, -0.25) is 9.36 Å². The van der Waals surface area contributed by atoms with Gasteiger partial charge in [0.05, 0.1) is 21.8 Å². The van der Waals surface area contributed by atoms with Crippen molar-refractivity contribution in [2.45, 2.75) is 13.5 Å². The number of nitrogens with zero attached hydrogens (tertiary/aromatic N) is 4. The van der Waals surface area contributed by atoms with Crippen molar-refractivity contribution >= 4 is 50.0 Å². The SMILES string of the molecule is CCNc1nc(Cn2cncc(I)c2=O)nc2sccc12. The molecule has 3 heterocycles. The van der Waals surface area contributed by atoms with Crippen molar-refractivity contribution < 1.29 is 0 Å². The second-order valence-corrected chi connectivity index (χ2v) is 6.39. The van der Waals surface area contributed by atoms with Gasteiger partial charge in [-0.15, -0.1) is 11.3 Å². The molecule has 0 atom stereocenters. The normalized spacial score (nSPS) is 11.0. The Morgan fingerprint density at radius 2 is 2.29 bits per heavy atom. The van der Waals surface area contributed by atoms with E-state index in [4.69, 9.17) is 0 Å². The maximum atomic E-state index is 12.0. The molecule has 3 aromatic heterocycles. The molecule has 0 aromatic carbocycles. The summed E-state index contributed by atoms with van der Waals surface area (Å²) in [6.07, 6.45) is 3.06. The average molecular weight is 413 g/mol. The van der Waals surface area contributed by atoms with Gasteiger partial charge >= 0.3 is 0 Å². The quantitative estimate of drug-likeness (QED) is 0.665. The topological polar surface area (TPSA) is 72.7 Å². The van der Waals surface area contributed by atoms with Gasteiger partial charge in [-0.25, -0.2) is 15.0 Å². The van der Waals surface area contributed by atoms with Crippen LogP contribution in [-0.2, 0) is 6.54 Å². The summed E-state index contributed by atoms with van der Waals surface area (Å²) in [6, 6.07) is 2.00. The Bertz CT molecular complexity index is 844. The molecule has 0 saturated heterocycles. The highest BCUT2D eigenvalue weighted by Gasteiger charge is 2.10. The molecule has 21 heavy (non-hydrogen) atoms. The van der Waals surface area contributed by atoms with Crippen LogP contribution in [0.4, 0.5) is 5.82 Å². The maximum absolute atomic E-state index is 12.0. The summed E-state index contributed by atoms with van der Waals surface area (Å²) in [6.45, 7) is 3.12. The Hall–Kier alpha value is -1.55. The molecule has 6 nitrogen and oxygen atoms in total. The molecule has 1 N–H and O–H groups in total. The summed E-state index contributed by atoms with van der Waals surface area (Å²) in [5.74, 6) is 1.41. The van der Waals surface area contributed by atoms with Crippen molar-refractivity contribution in [3.8, 4) is 0 Å². The van der Waals surface area contributed by atoms with E-state index in [-0.39, 0.29) is 5.56 Å². The van der Waals surface area contributed by atoms with Crippen molar-refractivity contribution in [3.63, 3.8) is 0 Å². The predicted molar refractivity (Wildman–Crippen MR) is 91.9 cm³/mol. The number of fused-ring (bicyclic) bond motifs is 1. The summed E-state index contributed by atoms with van der Waals surface area (Å²) in [5.41, 5.74) is -0.0783. The molecule has 108 valence electrons. The maximum Gasteiger partial charge on any atom is 0.267 e. The standard InChI is InChI=1S/C13H12IN5OS/c1-2-16-11-8-3-4-21-12(8)18-10(17-11)6-19-7-15-5-9(14)13(19)20/h3-5,7H,2,6H2,1H3,(H,16,17,18). The molecule has 3 rings (SSSR count). The summed E-state index contributed by atoms with van der Waals surface area (Å²) in [7, 11) is 0. The molecular weight excluding hydrogens is 401 g/mol. The van der Waals surface area contributed by atoms with E-state index < -0.39 is 0 Å². The zero-order valence-corrected chi connectivity index (χ0v) is 14.2. The average Bonchev–Trinajstić information content (AvgIpc) is 2.93. The summed E-state index contributed by atoms with van der Waals surface area (Å²) in [4.78, 5) is 26.0. The van der Waals surface area contributed by atoms with E-state index in [0.29, 0.717) is 15.9 Å². The van der Waals surface area contributed by atoms with Crippen molar-refractivity contribution in [1.29, 1.82) is 0 Å². The second-order valence-electron chi connectivity index (χ2n) is 4.33. The number of halogens is 1. The molecule has 0 spiro atoms. The number of hydrogen-bond donors (Lipinski definition) is 1. The van der Waals surface area contributed by atoms with E-state index in [1.807, 2.05) is 41.0 Å². The minimum Gasteiger partial charge on any atom is -0.370 e. The third-order valence-corrected chi connectivity index (χ3v) is 4.43. The molecule has 0 amide bonds. The largest absolute Gasteiger partial charge is 0.370 e. The molecule has 0 aliphatic rings. The third-order valence-electron chi connectivity index (χ3n) is 2.89. The first kappa shape index (κ1) is 14.4. The van der Waals surface area contributed by atoms with E-state index in [1.54, 1.807) is 17.5 Å². The summed E-state index contributed by atoms with van der Waals surface area (Å²) in [5, 5.41) is 6.24. The molecule has 0 radical (unpaired) electrons. The first-order valence-electron chi connectivity index (χ1n) is 6.37. The number of nitrogens with one attached hydrogen (secondary N) is 1. The van der Waals surface area contributed by atoms with Crippen LogP contribution in [0.25, 0.3) is 10.2 Å². The van der Waals surface area contributed by atoms with Crippen LogP contribution < -0.4 is 10.9 Å². The van der Waals surface area contributed by atoms with E-state index in [1.165, 1.54) is 10.9 Å². The van der Waals surface area contributed by atoms with Gasteiger partial charge in [0, 0.05) is 12.7 Å². The zero-order chi connectivity index (χ0) is 14.8. The number of aromatic nitrogens is 4. The fourth-order valence-electron chi connectivity index (χ4n) is 1.96. The fraction of sp³-hybridized carbons (Fsp3) is 0.231. The monoisotopic (exact) mass is 413 g/mol. The number of rotatable bonds is 4. The van der Waals surface area contributed by atoms with Gasteiger partial charge in [0.2, 0.25) is 0 Å². The minimum absolute atomic E-state index is 0.0783. The minimum atomic E-state index is -0.0783. The predicted octanol–water partition coefficient (Wildman–Crippen LogP) is 2.33. The van der Waals surface area contributed by atoms with Crippen molar-refractivity contribution in [2.75, 3.05) is 11.9 Å². The van der Waals surface area contributed by atoms with Crippen LogP contribution in [-0.4, -0.2) is 26.1 Å².